The SMILES string of the molecule is C=C(NC)/C(C)=C/C(=C\C(=C(/C)CC)C(C)c1ccccc1)C(N)=O. The average molecular weight is 338 g/mol. The van der Waals surface area contributed by atoms with Crippen molar-refractivity contribution in [2.24, 2.45) is 5.73 Å². The maximum Gasteiger partial charge on any atom is 0.248 e. The van der Waals surface area contributed by atoms with Gasteiger partial charge in [-0.3, -0.25) is 4.79 Å². The van der Waals surface area contributed by atoms with Gasteiger partial charge in [0.15, 0.2) is 0 Å². The first-order valence-electron chi connectivity index (χ1n) is 8.63. The molecular formula is C22H30N2O. The smallest absolute Gasteiger partial charge is 0.248 e. The summed E-state index contributed by atoms with van der Waals surface area (Å²) in [7, 11) is 1.80. The van der Waals surface area contributed by atoms with E-state index in [0.717, 1.165) is 23.3 Å². The molecule has 3 heteroatoms. The summed E-state index contributed by atoms with van der Waals surface area (Å²) in [5.41, 5.74) is 11.3. The van der Waals surface area contributed by atoms with Gasteiger partial charge in [0, 0.05) is 24.2 Å². The van der Waals surface area contributed by atoms with E-state index in [0.29, 0.717) is 5.57 Å². The third-order valence-electron chi connectivity index (χ3n) is 4.53. The Hall–Kier alpha value is -2.55. The van der Waals surface area contributed by atoms with Crippen LogP contribution in [0.15, 0.2) is 77.1 Å². The molecule has 0 spiro atoms. The number of rotatable bonds is 8. The summed E-state index contributed by atoms with van der Waals surface area (Å²) >= 11 is 0. The van der Waals surface area contributed by atoms with Crippen molar-refractivity contribution in [2.45, 2.75) is 40.0 Å². The highest BCUT2D eigenvalue weighted by Crippen LogP contribution is 2.29. The van der Waals surface area contributed by atoms with Gasteiger partial charge in [-0.05, 0) is 49.1 Å². The minimum Gasteiger partial charge on any atom is -0.388 e. The third-order valence-corrected chi connectivity index (χ3v) is 4.53. The Morgan fingerprint density at radius 3 is 2.32 bits per heavy atom. The highest BCUT2D eigenvalue weighted by Gasteiger charge is 2.14. The maximum atomic E-state index is 12.0. The molecule has 0 radical (unpaired) electrons. The van der Waals surface area contributed by atoms with E-state index in [4.69, 9.17) is 5.73 Å². The minimum atomic E-state index is -0.440. The molecule has 0 saturated heterocycles. The Labute approximate surface area is 152 Å². The molecular weight excluding hydrogens is 308 g/mol. The minimum absolute atomic E-state index is 0.178. The zero-order valence-corrected chi connectivity index (χ0v) is 16.0. The van der Waals surface area contributed by atoms with Crippen molar-refractivity contribution in [2.75, 3.05) is 7.05 Å². The average Bonchev–Trinajstić information content (AvgIpc) is 2.63. The predicted molar refractivity (Wildman–Crippen MR) is 107 cm³/mol. The van der Waals surface area contributed by atoms with Gasteiger partial charge in [0.1, 0.15) is 0 Å². The second kappa shape index (κ2) is 9.67. The molecule has 0 aliphatic carbocycles. The summed E-state index contributed by atoms with van der Waals surface area (Å²) in [5, 5.41) is 2.99. The molecule has 3 nitrogen and oxygen atoms in total. The van der Waals surface area contributed by atoms with E-state index in [1.807, 2.05) is 31.2 Å². The van der Waals surface area contributed by atoms with Crippen molar-refractivity contribution in [3.63, 3.8) is 0 Å². The van der Waals surface area contributed by atoms with Gasteiger partial charge in [0.25, 0.3) is 0 Å². The van der Waals surface area contributed by atoms with E-state index < -0.39 is 5.91 Å². The zero-order valence-electron chi connectivity index (χ0n) is 16.0. The van der Waals surface area contributed by atoms with E-state index in [2.05, 4.69) is 44.8 Å². The Kier molecular flexibility index (Phi) is 7.93. The van der Waals surface area contributed by atoms with E-state index in [9.17, 15) is 4.79 Å². The Balaban J connectivity index is 3.41. The molecule has 1 atom stereocenters. The summed E-state index contributed by atoms with van der Waals surface area (Å²) in [6.45, 7) is 12.2. The number of nitrogens with one attached hydrogen (secondary N) is 1. The molecule has 0 fully saturated rings. The zero-order chi connectivity index (χ0) is 19.0. The van der Waals surface area contributed by atoms with Crippen LogP contribution in [0.5, 0.6) is 0 Å². The van der Waals surface area contributed by atoms with Crippen molar-refractivity contribution < 1.29 is 4.79 Å². The summed E-state index contributed by atoms with van der Waals surface area (Å²) in [4.78, 5) is 12.0. The molecule has 0 aliphatic heterocycles. The van der Waals surface area contributed by atoms with E-state index in [1.165, 1.54) is 11.1 Å². The van der Waals surface area contributed by atoms with Gasteiger partial charge in [0.05, 0.1) is 0 Å². The molecule has 134 valence electrons. The van der Waals surface area contributed by atoms with Crippen LogP contribution in [0.25, 0.3) is 0 Å². The molecule has 0 bridgehead atoms. The maximum absolute atomic E-state index is 12.0. The first-order chi connectivity index (χ1) is 11.8. The van der Waals surface area contributed by atoms with Crippen LogP contribution in [0.4, 0.5) is 0 Å². The summed E-state index contributed by atoms with van der Waals surface area (Å²) in [5.74, 6) is -0.262. The lowest BCUT2D eigenvalue weighted by Gasteiger charge is -2.18. The van der Waals surface area contributed by atoms with Gasteiger partial charge < -0.3 is 11.1 Å². The number of carbonyl (C=O) groups is 1. The first kappa shape index (κ1) is 20.5. The van der Waals surface area contributed by atoms with Crippen LogP contribution < -0.4 is 11.1 Å². The van der Waals surface area contributed by atoms with Gasteiger partial charge in [0.2, 0.25) is 5.91 Å². The molecule has 1 amide bonds. The largest absolute Gasteiger partial charge is 0.388 e. The second-order valence-electron chi connectivity index (χ2n) is 6.24. The molecule has 0 heterocycles. The predicted octanol–water partition coefficient (Wildman–Crippen LogP) is 4.61. The summed E-state index contributed by atoms with van der Waals surface area (Å²) in [6, 6.07) is 10.3. The number of amides is 1. The Morgan fingerprint density at radius 2 is 1.84 bits per heavy atom. The van der Waals surface area contributed by atoms with Crippen molar-refractivity contribution in [1.82, 2.24) is 5.32 Å². The number of allylic oxidation sites excluding steroid dienone is 4. The number of benzene rings is 1. The molecule has 25 heavy (non-hydrogen) atoms. The number of hydrogen-bond donors (Lipinski definition) is 2. The number of carbonyl (C=O) groups excluding carboxylic acids is 1. The van der Waals surface area contributed by atoms with Gasteiger partial charge in [-0.25, -0.2) is 0 Å². The van der Waals surface area contributed by atoms with Crippen LogP contribution in [0.3, 0.4) is 0 Å². The summed E-state index contributed by atoms with van der Waals surface area (Å²) in [6.07, 6.45) is 4.63. The third kappa shape index (κ3) is 5.79. The first-order valence-corrected chi connectivity index (χ1v) is 8.63. The van der Waals surface area contributed by atoms with Crippen LogP contribution in [0.1, 0.15) is 45.6 Å². The molecule has 1 aromatic rings. The van der Waals surface area contributed by atoms with Crippen LogP contribution >= 0.6 is 0 Å². The Bertz CT molecular complexity index is 709. The van der Waals surface area contributed by atoms with Crippen molar-refractivity contribution in [3.8, 4) is 0 Å². The molecule has 0 aromatic heterocycles. The molecule has 1 aromatic carbocycles. The molecule has 1 unspecified atom stereocenters. The van der Waals surface area contributed by atoms with E-state index in [-0.39, 0.29) is 5.92 Å². The van der Waals surface area contributed by atoms with Crippen LogP contribution in [-0.2, 0) is 4.79 Å². The van der Waals surface area contributed by atoms with Crippen LogP contribution in [0, 0.1) is 0 Å². The summed E-state index contributed by atoms with van der Waals surface area (Å²) < 4.78 is 0. The molecule has 3 N–H and O–H groups in total. The normalized spacial score (nSPS) is 14.6. The number of hydrogen-bond acceptors (Lipinski definition) is 2. The topological polar surface area (TPSA) is 55.1 Å². The molecule has 1 rings (SSSR count). The fourth-order valence-corrected chi connectivity index (χ4v) is 2.61. The lowest BCUT2D eigenvalue weighted by molar-refractivity contribution is -0.114. The van der Waals surface area contributed by atoms with Crippen molar-refractivity contribution in [1.29, 1.82) is 0 Å². The van der Waals surface area contributed by atoms with E-state index in [1.54, 1.807) is 13.1 Å². The highest BCUT2D eigenvalue weighted by atomic mass is 16.1. The van der Waals surface area contributed by atoms with Gasteiger partial charge in [-0.15, -0.1) is 0 Å². The van der Waals surface area contributed by atoms with Crippen LogP contribution in [0.2, 0.25) is 0 Å². The number of primary amides is 1. The second-order valence-corrected chi connectivity index (χ2v) is 6.24. The van der Waals surface area contributed by atoms with E-state index >= 15 is 0 Å². The molecule has 0 saturated carbocycles. The number of nitrogens with two attached hydrogens (primary N) is 1. The van der Waals surface area contributed by atoms with Crippen molar-refractivity contribution >= 4 is 5.91 Å². The Morgan fingerprint density at radius 1 is 1.24 bits per heavy atom. The van der Waals surface area contributed by atoms with Gasteiger partial charge in [-0.2, -0.15) is 0 Å². The quantitative estimate of drug-likeness (QED) is 0.537. The van der Waals surface area contributed by atoms with Crippen LogP contribution in [-0.4, -0.2) is 13.0 Å². The fourth-order valence-electron chi connectivity index (χ4n) is 2.61. The number of likely N-dealkylation sites (N-methyl/N-ethyl adjacent to an activating group) is 1. The van der Waals surface area contributed by atoms with Crippen molar-refractivity contribution in [3.05, 3.63) is 82.6 Å². The highest BCUT2D eigenvalue weighted by molar-refractivity contribution is 5.95. The van der Waals surface area contributed by atoms with Gasteiger partial charge >= 0.3 is 0 Å². The lowest BCUT2D eigenvalue weighted by atomic mass is 9.87. The van der Waals surface area contributed by atoms with Gasteiger partial charge in [-0.1, -0.05) is 56.3 Å². The fraction of sp³-hybridized carbons (Fsp3) is 0.318. The lowest BCUT2D eigenvalue weighted by Crippen LogP contribution is -2.15. The monoisotopic (exact) mass is 338 g/mol. The standard InChI is InChI=1S/C22H30N2O/c1-7-15(2)21(17(4)19-11-9-8-10-12-19)14-20(22(23)25)13-16(3)18(5)24-6/h8-14,17,24H,5,7H2,1-4,6H3,(H2,23,25)/b16-13+,20-14+,21-15-. The molecule has 0 aliphatic rings.